The van der Waals surface area contributed by atoms with Gasteiger partial charge in [-0.3, -0.25) is 4.79 Å². The van der Waals surface area contributed by atoms with Crippen LogP contribution in [-0.4, -0.2) is 48.3 Å². The first-order valence-corrected chi connectivity index (χ1v) is 7.99. The first kappa shape index (κ1) is 16.4. The van der Waals surface area contributed by atoms with Crippen molar-refractivity contribution in [1.29, 1.82) is 0 Å². The van der Waals surface area contributed by atoms with Gasteiger partial charge in [0.05, 0.1) is 7.11 Å². The zero-order valence-electron chi connectivity index (χ0n) is 13.9. The molecule has 1 fully saturated rings. The van der Waals surface area contributed by atoms with Crippen molar-refractivity contribution in [2.24, 2.45) is 0 Å². The lowest BCUT2D eigenvalue weighted by Crippen LogP contribution is -2.40. The summed E-state index contributed by atoms with van der Waals surface area (Å²) in [4.78, 5) is 18.5. The standard InChI is InChI=1S/C17H21N3O4/c1-22-11-15(21)20-9-4-3-8-14(20)17-18-16(19-24-17)12-6-5-7-13(10-12)23-2/h5-7,10,14H,3-4,8-9,11H2,1-2H3. The average Bonchev–Trinajstić information content (AvgIpc) is 3.12. The van der Waals surface area contributed by atoms with Crippen molar-refractivity contribution in [3.8, 4) is 17.1 Å². The second kappa shape index (κ2) is 7.44. The number of benzene rings is 1. The predicted molar refractivity (Wildman–Crippen MR) is 86.5 cm³/mol. The van der Waals surface area contributed by atoms with Crippen molar-refractivity contribution < 1.29 is 18.8 Å². The maximum atomic E-state index is 12.2. The zero-order valence-corrected chi connectivity index (χ0v) is 13.9. The van der Waals surface area contributed by atoms with E-state index in [1.165, 1.54) is 7.11 Å². The van der Waals surface area contributed by atoms with E-state index in [2.05, 4.69) is 10.1 Å². The molecule has 7 nitrogen and oxygen atoms in total. The van der Waals surface area contributed by atoms with Crippen molar-refractivity contribution in [3.63, 3.8) is 0 Å². The molecule has 1 aliphatic rings. The second-order valence-electron chi connectivity index (χ2n) is 5.72. The minimum absolute atomic E-state index is 0.0525. The molecule has 0 N–H and O–H groups in total. The lowest BCUT2D eigenvalue weighted by atomic mass is 10.0. The van der Waals surface area contributed by atoms with Gasteiger partial charge >= 0.3 is 0 Å². The van der Waals surface area contributed by atoms with Gasteiger partial charge in [0.25, 0.3) is 0 Å². The number of hydrogen-bond donors (Lipinski definition) is 0. The summed E-state index contributed by atoms with van der Waals surface area (Å²) in [6.07, 6.45) is 2.82. The Morgan fingerprint density at radius 3 is 3.04 bits per heavy atom. The van der Waals surface area contributed by atoms with Crippen LogP contribution in [0, 0.1) is 0 Å². The van der Waals surface area contributed by atoms with E-state index < -0.39 is 0 Å². The molecule has 1 unspecified atom stereocenters. The largest absolute Gasteiger partial charge is 0.497 e. The molecule has 1 aliphatic heterocycles. The van der Waals surface area contributed by atoms with E-state index in [1.807, 2.05) is 24.3 Å². The number of amides is 1. The van der Waals surface area contributed by atoms with Crippen molar-refractivity contribution in [2.45, 2.75) is 25.3 Å². The second-order valence-corrected chi connectivity index (χ2v) is 5.72. The number of carbonyl (C=O) groups is 1. The average molecular weight is 331 g/mol. The monoisotopic (exact) mass is 331 g/mol. The molecule has 0 aliphatic carbocycles. The number of aromatic nitrogens is 2. The molecule has 7 heteroatoms. The topological polar surface area (TPSA) is 77.7 Å². The number of hydrogen-bond acceptors (Lipinski definition) is 6. The molecule has 2 aromatic rings. The first-order valence-electron chi connectivity index (χ1n) is 7.99. The summed E-state index contributed by atoms with van der Waals surface area (Å²) >= 11 is 0. The number of nitrogens with zero attached hydrogens (tertiary/aromatic N) is 3. The highest BCUT2D eigenvalue weighted by Gasteiger charge is 2.32. The van der Waals surface area contributed by atoms with Crippen LogP contribution >= 0.6 is 0 Å². The molecular formula is C17H21N3O4. The van der Waals surface area contributed by atoms with E-state index in [0.29, 0.717) is 18.3 Å². The Labute approximate surface area is 140 Å². The molecule has 24 heavy (non-hydrogen) atoms. The Balaban J connectivity index is 1.83. The minimum atomic E-state index is -0.187. The van der Waals surface area contributed by atoms with Crippen LogP contribution in [-0.2, 0) is 9.53 Å². The third kappa shape index (κ3) is 3.41. The Morgan fingerprint density at radius 2 is 2.25 bits per heavy atom. The van der Waals surface area contributed by atoms with E-state index in [9.17, 15) is 4.79 Å². The molecule has 128 valence electrons. The summed E-state index contributed by atoms with van der Waals surface area (Å²) in [5.41, 5.74) is 0.815. The van der Waals surface area contributed by atoms with Gasteiger partial charge in [0, 0.05) is 19.2 Å². The van der Waals surface area contributed by atoms with Gasteiger partial charge in [-0.1, -0.05) is 17.3 Å². The van der Waals surface area contributed by atoms with E-state index in [1.54, 1.807) is 12.0 Å². The molecule has 0 spiro atoms. The molecule has 1 amide bonds. The molecule has 1 aromatic carbocycles. The fraction of sp³-hybridized carbons (Fsp3) is 0.471. The number of carbonyl (C=O) groups excluding carboxylic acids is 1. The summed E-state index contributed by atoms with van der Waals surface area (Å²) in [6, 6.07) is 7.29. The van der Waals surface area contributed by atoms with Crippen LogP contribution in [0.5, 0.6) is 5.75 Å². The van der Waals surface area contributed by atoms with Crippen LogP contribution < -0.4 is 4.74 Å². The number of methoxy groups -OCH3 is 2. The van der Waals surface area contributed by atoms with Gasteiger partial charge in [-0.2, -0.15) is 4.98 Å². The maximum Gasteiger partial charge on any atom is 0.249 e. The van der Waals surface area contributed by atoms with E-state index >= 15 is 0 Å². The normalized spacial score (nSPS) is 17.8. The van der Waals surface area contributed by atoms with Gasteiger partial charge in [0.2, 0.25) is 17.6 Å². The van der Waals surface area contributed by atoms with Crippen LogP contribution in [0.4, 0.5) is 0 Å². The molecule has 0 saturated carbocycles. The number of ether oxygens (including phenoxy) is 2. The maximum absolute atomic E-state index is 12.2. The SMILES string of the molecule is COCC(=O)N1CCCCC1c1nc(-c2cccc(OC)c2)no1. The molecule has 0 radical (unpaired) electrons. The first-order chi connectivity index (χ1) is 11.7. The van der Waals surface area contributed by atoms with Gasteiger partial charge in [-0.25, -0.2) is 0 Å². The number of likely N-dealkylation sites (tertiary alicyclic amines) is 1. The molecule has 2 heterocycles. The smallest absolute Gasteiger partial charge is 0.249 e. The molecule has 3 rings (SSSR count). The van der Waals surface area contributed by atoms with Gasteiger partial charge in [-0.05, 0) is 31.4 Å². The van der Waals surface area contributed by atoms with Crippen molar-refractivity contribution in [1.82, 2.24) is 15.0 Å². The Morgan fingerprint density at radius 1 is 1.38 bits per heavy atom. The fourth-order valence-corrected chi connectivity index (χ4v) is 2.94. The fourth-order valence-electron chi connectivity index (χ4n) is 2.94. The summed E-state index contributed by atoms with van der Waals surface area (Å²) in [5, 5.41) is 4.07. The number of rotatable bonds is 5. The summed E-state index contributed by atoms with van der Waals surface area (Å²) in [7, 11) is 3.13. The Hall–Kier alpha value is -2.41. The highest BCUT2D eigenvalue weighted by molar-refractivity contribution is 5.78. The van der Waals surface area contributed by atoms with Gasteiger partial charge in [-0.15, -0.1) is 0 Å². The van der Waals surface area contributed by atoms with Crippen LogP contribution in [0.2, 0.25) is 0 Å². The molecule has 1 aromatic heterocycles. The Kier molecular flexibility index (Phi) is 5.10. The van der Waals surface area contributed by atoms with E-state index in [-0.39, 0.29) is 18.6 Å². The summed E-state index contributed by atoms with van der Waals surface area (Å²) in [5.74, 6) is 1.64. The van der Waals surface area contributed by atoms with Gasteiger partial charge in [0.15, 0.2) is 0 Å². The molecule has 1 saturated heterocycles. The summed E-state index contributed by atoms with van der Waals surface area (Å²) < 4.78 is 15.6. The highest BCUT2D eigenvalue weighted by Crippen LogP contribution is 2.31. The van der Waals surface area contributed by atoms with E-state index in [4.69, 9.17) is 14.0 Å². The van der Waals surface area contributed by atoms with Crippen LogP contribution in [0.3, 0.4) is 0 Å². The van der Waals surface area contributed by atoms with Crippen molar-refractivity contribution in [3.05, 3.63) is 30.2 Å². The van der Waals surface area contributed by atoms with Crippen LogP contribution in [0.1, 0.15) is 31.2 Å². The Bertz CT molecular complexity index is 701. The lowest BCUT2D eigenvalue weighted by Gasteiger charge is -2.33. The van der Waals surface area contributed by atoms with Gasteiger partial charge in [0.1, 0.15) is 18.4 Å². The van der Waals surface area contributed by atoms with Crippen molar-refractivity contribution >= 4 is 5.91 Å². The quantitative estimate of drug-likeness (QED) is 0.837. The van der Waals surface area contributed by atoms with Crippen molar-refractivity contribution in [2.75, 3.05) is 27.4 Å². The molecule has 0 bridgehead atoms. The lowest BCUT2D eigenvalue weighted by molar-refractivity contribution is -0.139. The third-order valence-electron chi connectivity index (χ3n) is 4.15. The highest BCUT2D eigenvalue weighted by atomic mass is 16.5. The van der Waals surface area contributed by atoms with Crippen LogP contribution in [0.15, 0.2) is 28.8 Å². The predicted octanol–water partition coefficient (Wildman–Crippen LogP) is 2.45. The molecule has 1 atom stereocenters. The third-order valence-corrected chi connectivity index (χ3v) is 4.15. The van der Waals surface area contributed by atoms with Crippen LogP contribution in [0.25, 0.3) is 11.4 Å². The minimum Gasteiger partial charge on any atom is -0.497 e. The van der Waals surface area contributed by atoms with Gasteiger partial charge < -0.3 is 18.9 Å². The summed E-state index contributed by atoms with van der Waals surface area (Å²) in [6.45, 7) is 0.747. The zero-order chi connectivity index (χ0) is 16.9. The number of piperidine rings is 1. The van der Waals surface area contributed by atoms with E-state index in [0.717, 1.165) is 30.6 Å². The molecular weight excluding hydrogens is 310 g/mol.